The number of allylic oxidation sites excluding steroid dienone is 1. The molecule has 2 fully saturated rings. The standard InChI is InChI=1S/C19H26O/c1-13(14-8-6-5-7-9-14)12-16-18(2,3)15-10-11-19(16,4)17(15)20/h5-9,12-13,15,17,20H,10-11H2,1-4H3/b16-12-. The summed E-state index contributed by atoms with van der Waals surface area (Å²) in [6.45, 7) is 9.15. The summed E-state index contributed by atoms with van der Waals surface area (Å²) in [6, 6.07) is 10.7. The zero-order valence-electron chi connectivity index (χ0n) is 13.1. The summed E-state index contributed by atoms with van der Waals surface area (Å²) in [6.07, 6.45) is 4.57. The second kappa shape index (κ2) is 4.46. The number of hydrogen-bond acceptors (Lipinski definition) is 1. The van der Waals surface area contributed by atoms with Gasteiger partial charge in [0, 0.05) is 5.41 Å². The smallest absolute Gasteiger partial charge is 0.0667 e. The number of aliphatic hydroxyl groups is 1. The average Bonchev–Trinajstić information content (AvgIpc) is 2.79. The van der Waals surface area contributed by atoms with Gasteiger partial charge in [-0.15, -0.1) is 0 Å². The van der Waals surface area contributed by atoms with Gasteiger partial charge in [-0.2, -0.15) is 0 Å². The largest absolute Gasteiger partial charge is 0.392 e. The summed E-state index contributed by atoms with van der Waals surface area (Å²) in [5, 5.41) is 10.6. The van der Waals surface area contributed by atoms with Crippen molar-refractivity contribution < 1.29 is 5.11 Å². The van der Waals surface area contributed by atoms with Gasteiger partial charge in [0.05, 0.1) is 6.10 Å². The van der Waals surface area contributed by atoms with Crippen molar-refractivity contribution in [3.8, 4) is 0 Å². The van der Waals surface area contributed by atoms with Crippen LogP contribution in [0.25, 0.3) is 0 Å². The Morgan fingerprint density at radius 3 is 2.40 bits per heavy atom. The van der Waals surface area contributed by atoms with E-state index in [9.17, 15) is 5.11 Å². The van der Waals surface area contributed by atoms with E-state index in [0.29, 0.717) is 11.8 Å². The van der Waals surface area contributed by atoms with Gasteiger partial charge < -0.3 is 5.11 Å². The highest BCUT2D eigenvalue weighted by atomic mass is 16.3. The number of hydrogen-bond donors (Lipinski definition) is 1. The molecule has 4 atom stereocenters. The quantitative estimate of drug-likeness (QED) is 0.783. The van der Waals surface area contributed by atoms with Gasteiger partial charge >= 0.3 is 0 Å². The Kier molecular flexibility index (Phi) is 3.10. The summed E-state index contributed by atoms with van der Waals surface area (Å²) >= 11 is 0. The minimum atomic E-state index is -0.160. The molecule has 2 aliphatic rings. The molecule has 1 aromatic rings. The Labute approximate surface area is 122 Å². The van der Waals surface area contributed by atoms with Crippen molar-refractivity contribution >= 4 is 0 Å². The summed E-state index contributed by atoms with van der Waals surface area (Å²) in [7, 11) is 0. The highest BCUT2D eigenvalue weighted by Crippen LogP contribution is 2.66. The molecule has 0 amide bonds. The molecule has 2 bridgehead atoms. The molecule has 1 nitrogen and oxygen atoms in total. The minimum Gasteiger partial charge on any atom is -0.392 e. The SMILES string of the molecule is CC(/C=C1/C(C)(C)C2CCC1(C)C2O)c1ccccc1. The first-order valence-corrected chi connectivity index (χ1v) is 7.83. The van der Waals surface area contributed by atoms with Crippen LogP contribution in [0.1, 0.15) is 52.0 Å². The van der Waals surface area contributed by atoms with E-state index < -0.39 is 0 Å². The Balaban J connectivity index is 1.99. The average molecular weight is 270 g/mol. The van der Waals surface area contributed by atoms with Crippen molar-refractivity contribution in [1.82, 2.24) is 0 Å². The molecule has 4 unspecified atom stereocenters. The van der Waals surface area contributed by atoms with E-state index in [0.717, 1.165) is 6.42 Å². The van der Waals surface area contributed by atoms with Crippen molar-refractivity contribution in [3.63, 3.8) is 0 Å². The lowest BCUT2D eigenvalue weighted by Crippen LogP contribution is -2.27. The number of benzene rings is 1. The second-order valence-electron chi connectivity index (χ2n) is 7.51. The first-order valence-electron chi connectivity index (χ1n) is 7.83. The van der Waals surface area contributed by atoms with Gasteiger partial charge in [0.2, 0.25) is 0 Å². The van der Waals surface area contributed by atoms with E-state index in [1.165, 1.54) is 17.6 Å². The van der Waals surface area contributed by atoms with Gasteiger partial charge in [-0.3, -0.25) is 0 Å². The predicted octanol–water partition coefficient (Wildman–Crippen LogP) is 4.53. The highest BCUT2D eigenvalue weighted by molar-refractivity contribution is 5.37. The topological polar surface area (TPSA) is 20.2 Å². The van der Waals surface area contributed by atoms with Crippen LogP contribution in [0.4, 0.5) is 0 Å². The van der Waals surface area contributed by atoms with Crippen molar-refractivity contribution in [3.05, 3.63) is 47.5 Å². The zero-order chi connectivity index (χ0) is 14.5. The molecular formula is C19H26O. The molecule has 3 rings (SSSR count). The van der Waals surface area contributed by atoms with E-state index in [2.05, 4.69) is 64.1 Å². The van der Waals surface area contributed by atoms with Crippen LogP contribution >= 0.6 is 0 Å². The van der Waals surface area contributed by atoms with Crippen LogP contribution in [0.15, 0.2) is 42.0 Å². The molecule has 1 heteroatoms. The fourth-order valence-electron chi connectivity index (χ4n) is 4.70. The minimum absolute atomic E-state index is 0.00277. The second-order valence-corrected chi connectivity index (χ2v) is 7.51. The third-order valence-electron chi connectivity index (χ3n) is 5.99. The van der Waals surface area contributed by atoms with Crippen LogP contribution in [-0.2, 0) is 0 Å². The fourth-order valence-corrected chi connectivity index (χ4v) is 4.70. The van der Waals surface area contributed by atoms with Crippen LogP contribution in [0, 0.1) is 16.7 Å². The third kappa shape index (κ3) is 1.79. The molecule has 20 heavy (non-hydrogen) atoms. The van der Waals surface area contributed by atoms with Gasteiger partial charge in [0.15, 0.2) is 0 Å². The van der Waals surface area contributed by atoms with Gasteiger partial charge in [-0.05, 0) is 35.7 Å². The van der Waals surface area contributed by atoms with Gasteiger partial charge in [-0.25, -0.2) is 0 Å². The van der Waals surface area contributed by atoms with Crippen LogP contribution in [0.3, 0.4) is 0 Å². The van der Waals surface area contributed by atoms with Crippen molar-refractivity contribution in [1.29, 1.82) is 0 Å². The molecule has 1 N–H and O–H groups in total. The van der Waals surface area contributed by atoms with E-state index >= 15 is 0 Å². The van der Waals surface area contributed by atoms with Crippen molar-refractivity contribution in [2.24, 2.45) is 16.7 Å². The lowest BCUT2D eigenvalue weighted by molar-refractivity contribution is 0.0752. The molecule has 2 aliphatic carbocycles. The third-order valence-corrected chi connectivity index (χ3v) is 5.99. The zero-order valence-corrected chi connectivity index (χ0v) is 13.1. The van der Waals surface area contributed by atoms with Crippen LogP contribution in [-0.4, -0.2) is 11.2 Å². The Morgan fingerprint density at radius 2 is 1.85 bits per heavy atom. The molecule has 0 saturated heterocycles. The summed E-state index contributed by atoms with van der Waals surface area (Å²) in [4.78, 5) is 0. The molecule has 0 heterocycles. The molecule has 0 spiro atoms. The van der Waals surface area contributed by atoms with Crippen LogP contribution < -0.4 is 0 Å². The molecule has 0 aromatic heterocycles. The summed E-state index contributed by atoms with van der Waals surface area (Å²) in [5.41, 5.74) is 2.97. The molecule has 2 saturated carbocycles. The molecular weight excluding hydrogens is 244 g/mol. The van der Waals surface area contributed by atoms with E-state index in [1.807, 2.05) is 0 Å². The van der Waals surface area contributed by atoms with E-state index in [-0.39, 0.29) is 16.9 Å². The highest BCUT2D eigenvalue weighted by Gasteiger charge is 2.61. The monoisotopic (exact) mass is 270 g/mol. The summed E-state index contributed by atoms with van der Waals surface area (Å²) < 4.78 is 0. The fraction of sp³-hybridized carbons (Fsp3) is 0.579. The number of rotatable bonds is 2. The van der Waals surface area contributed by atoms with Crippen LogP contribution in [0.5, 0.6) is 0 Å². The molecule has 0 aliphatic heterocycles. The van der Waals surface area contributed by atoms with E-state index in [1.54, 1.807) is 0 Å². The lowest BCUT2D eigenvalue weighted by Gasteiger charge is -2.37. The normalized spacial score (nSPS) is 38.4. The van der Waals surface area contributed by atoms with Gasteiger partial charge in [0.25, 0.3) is 0 Å². The number of aliphatic hydroxyl groups excluding tert-OH is 1. The molecule has 108 valence electrons. The van der Waals surface area contributed by atoms with Crippen LogP contribution in [0.2, 0.25) is 0 Å². The Bertz CT molecular complexity index is 528. The first-order chi connectivity index (χ1) is 9.37. The maximum Gasteiger partial charge on any atom is 0.0667 e. The van der Waals surface area contributed by atoms with Gasteiger partial charge in [0.1, 0.15) is 0 Å². The maximum atomic E-state index is 10.6. The Morgan fingerprint density at radius 1 is 1.20 bits per heavy atom. The first kappa shape index (κ1) is 13.9. The van der Waals surface area contributed by atoms with E-state index in [4.69, 9.17) is 0 Å². The van der Waals surface area contributed by atoms with Gasteiger partial charge in [-0.1, -0.05) is 69.7 Å². The Hall–Kier alpha value is -1.08. The molecule has 0 radical (unpaired) electrons. The lowest BCUT2D eigenvalue weighted by atomic mass is 9.67. The van der Waals surface area contributed by atoms with Crippen molar-refractivity contribution in [2.45, 2.75) is 52.6 Å². The number of fused-ring (bicyclic) bond motifs is 2. The van der Waals surface area contributed by atoms with Crippen molar-refractivity contribution in [2.75, 3.05) is 0 Å². The predicted molar refractivity (Wildman–Crippen MR) is 83.6 cm³/mol. The summed E-state index contributed by atoms with van der Waals surface area (Å²) in [5.74, 6) is 0.843. The molecule has 1 aromatic carbocycles. The maximum absolute atomic E-state index is 10.6.